The van der Waals surface area contributed by atoms with Gasteiger partial charge in [0.1, 0.15) is 0 Å². The van der Waals surface area contributed by atoms with Crippen molar-refractivity contribution in [2.75, 3.05) is 6.54 Å². The number of hydrogen-bond donors (Lipinski definition) is 1. The molecule has 0 aliphatic rings. The lowest BCUT2D eigenvalue weighted by atomic mass is 10.2. The Balaban J connectivity index is 1.83. The summed E-state index contributed by atoms with van der Waals surface area (Å²) in [5.74, 6) is 0. The number of aryl methyl sites for hydroxylation is 1. The molecule has 0 bridgehead atoms. The van der Waals surface area contributed by atoms with E-state index >= 15 is 0 Å². The van der Waals surface area contributed by atoms with Crippen molar-refractivity contribution in [2.45, 2.75) is 40.4 Å². The second-order valence-electron chi connectivity index (χ2n) is 4.59. The topological polar surface area (TPSA) is 34.8 Å². The van der Waals surface area contributed by atoms with Crippen LogP contribution < -0.4 is 5.32 Å². The van der Waals surface area contributed by atoms with Crippen molar-refractivity contribution in [3.8, 4) is 0 Å². The van der Waals surface area contributed by atoms with E-state index in [1.54, 1.807) is 0 Å². The van der Waals surface area contributed by atoms with E-state index < -0.39 is 0 Å². The van der Waals surface area contributed by atoms with Crippen LogP contribution in [0.4, 0.5) is 0 Å². The van der Waals surface area contributed by atoms with E-state index in [9.17, 15) is 0 Å². The van der Waals surface area contributed by atoms with Gasteiger partial charge in [-0.15, -0.1) is 0 Å². The first-order chi connectivity index (χ1) is 8.72. The van der Waals surface area contributed by atoms with Gasteiger partial charge in [0.05, 0.1) is 6.54 Å². The summed E-state index contributed by atoms with van der Waals surface area (Å²) < 4.78 is 4.30. The summed E-state index contributed by atoms with van der Waals surface area (Å²) in [6, 6.07) is 4.23. The standard InChI is InChI=1S/C14H22N4/c1-4-18-12(2)10-14(13(18)3)11-15-7-9-17-8-5-6-16-17/h5-6,8,10,15H,4,7,9,11H2,1-3H3. The zero-order valence-electron chi connectivity index (χ0n) is 11.5. The molecule has 0 fully saturated rings. The summed E-state index contributed by atoms with van der Waals surface area (Å²) in [6.45, 7) is 10.4. The first kappa shape index (κ1) is 12.9. The Hall–Kier alpha value is -1.55. The maximum atomic E-state index is 4.18. The van der Waals surface area contributed by atoms with Crippen LogP contribution in [0.5, 0.6) is 0 Å². The minimum absolute atomic E-state index is 0.916. The molecule has 0 saturated heterocycles. The van der Waals surface area contributed by atoms with Crippen LogP contribution in [0.1, 0.15) is 23.9 Å². The van der Waals surface area contributed by atoms with Crippen LogP contribution in [0, 0.1) is 13.8 Å². The second kappa shape index (κ2) is 5.87. The monoisotopic (exact) mass is 246 g/mol. The number of aromatic nitrogens is 3. The average Bonchev–Trinajstić information content (AvgIpc) is 2.94. The molecular formula is C14H22N4. The van der Waals surface area contributed by atoms with E-state index in [0.29, 0.717) is 0 Å². The quantitative estimate of drug-likeness (QED) is 0.792. The zero-order valence-corrected chi connectivity index (χ0v) is 11.5. The molecule has 4 heteroatoms. The van der Waals surface area contributed by atoms with Gasteiger partial charge in [0, 0.05) is 43.4 Å². The molecule has 4 nitrogen and oxygen atoms in total. The van der Waals surface area contributed by atoms with E-state index in [1.165, 1.54) is 17.0 Å². The van der Waals surface area contributed by atoms with Gasteiger partial charge in [-0.1, -0.05) is 0 Å². The minimum Gasteiger partial charge on any atom is -0.349 e. The van der Waals surface area contributed by atoms with Crippen LogP contribution >= 0.6 is 0 Å². The number of rotatable bonds is 6. The van der Waals surface area contributed by atoms with Crippen molar-refractivity contribution < 1.29 is 0 Å². The maximum absolute atomic E-state index is 4.18. The molecule has 0 atom stereocenters. The van der Waals surface area contributed by atoms with E-state index in [2.05, 4.69) is 41.8 Å². The molecule has 0 radical (unpaired) electrons. The van der Waals surface area contributed by atoms with Crippen LogP contribution in [-0.4, -0.2) is 20.9 Å². The van der Waals surface area contributed by atoms with Gasteiger partial charge in [-0.05, 0) is 38.5 Å². The highest BCUT2D eigenvalue weighted by Crippen LogP contribution is 2.14. The van der Waals surface area contributed by atoms with Crippen LogP contribution in [0.25, 0.3) is 0 Å². The Morgan fingerprint density at radius 1 is 1.33 bits per heavy atom. The van der Waals surface area contributed by atoms with Gasteiger partial charge < -0.3 is 9.88 Å². The summed E-state index contributed by atoms with van der Waals surface area (Å²) in [6.07, 6.45) is 3.81. The third-order valence-electron chi connectivity index (χ3n) is 3.39. The lowest BCUT2D eigenvalue weighted by Gasteiger charge is -2.07. The molecule has 0 aliphatic heterocycles. The minimum atomic E-state index is 0.916. The maximum Gasteiger partial charge on any atom is 0.0534 e. The van der Waals surface area contributed by atoms with E-state index in [0.717, 1.165) is 26.2 Å². The fraction of sp³-hybridized carbons (Fsp3) is 0.500. The normalized spacial score (nSPS) is 11.1. The van der Waals surface area contributed by atoms with Crippen molar-refractivity contribution in [1.29, 1.82) is 0 Å². The Morgan fingerprint density at radius 3 is 2.78 bits per heavy atom. The molecule has 1 N–H and O–H groups in total. The summed E-state index contributed by atoms with van der Waals surface area (Å²) in [4.78, 5) is 0. The number of hydrogen-bond acceptors (Lipinski definition) is 2. The Kier molecular flexibility index (Phi) is 4.20. The molecule has 2 rings (SSSR count). The molecule has 0 unspecified atom stereocenters. The molecule has 0 aromatic carbocycles. The Morgan fingerprint density at radius 2 is 2.17 bits per heavy atom. The summed E-state index contributed by atoms with van der Waals surface area (Å²) >= 11 is 0. The van der Waals surface area contributed by atoms with Gasteiger partial charge in [0.25, 0.3) is 0 Å². The van der Waals surface area contributed by atoms with Crippen molar-refractivity contribution in [2.24, 2.45) is 0 Å². The van der Waals surface area contributed by atoms with Crippen molar-refractivity contribution >= 4 is 0 Å². The smallest absolute Gasteiger partial charge is 0.0534 e. The lowest BCUT2D eigenvalue weighted by molar-refractivity contribution is 0.553. The van der Waals surface area contributed by atoms with Gasteiger partial charge >= 0.3 is 0 Å². The molecule has 0 aliphatic carbocycles. The molecule has 0 amide bonds. The van der Waals surface area contributed by atoms with Crippen LogP contribution in [0.15, 0.2) is 24.5 Å². The molecule has 98 valence electrons. The van der Waals surface area contributed by atoms with Crippen LogP contribution in [-0.2, 0) is 19.6 Å². The van der Waals surface area contributed by atoms with Crippen molar-refractivity contribution in [1.82, 2.24) is 19.7 Å². The highest BCUT2D eigenvalue weighted by molar-refractivity contribution is 5.26. The molecule has 2 aromatic heterocycles. The second-order valence-corrected chi connectivity index (χ2v) is 4.59. The third-order valence-corrected chi connectivity index (χ3v) is 3.39. The molecule has 0 saturated carbocycles. The lowest BCUT2D eigenvalue weighted by Crippen LogP contribution is -2.20. The molecule has 2 heterocycles. The zero-order chi connectivity index (χ0) is 13.0. The number of nitrogens with zero attached hydrogens (tertiary/aromatic N) is 3. The Bertz CT molecular complexity index is 482. The van der Waals surface area contributed by atoms with Gasteiger partial charge in [-0.2, -0.15) is 5.10 Å². The largest absolute Gasteiger partial charge is 0.349 e. The van der Waals surface area contributed by atoms with Gasteiger partial charge in [-0.3, -0.25) is 4.68 Å². The SMILES string of the molecule is CCn1c(C)cc(CNCCn2cccn2)c1C. The molecule has 0 spiro atoms. The number of nitrogens with one attached hydrogen (secondary N) is 1. The molecule has 18 heavy (non-hydrogen) atoms. The van der Waals surface area contributed by atoms with E-state index in [4.69, 9.17) is 0 Å². The summed E-state index contributed by atoms with van der Waals surface area (Å²) in [5, 5.41) is 7.65. The highest BCUT2D eigenvalue weighted by Gasteiger charge is 2.06. The van der Waals surface area contributed by atoms with Crippen molar-refractivity contribution in [3.05, 3.63) is 41.5 Å². The van der Waals surface area contributed by atoms with Gasteiger partial charge in [0.2, 0.25) is 0 Å². The fourth-order valence-corrected chi connectivity index (χ4v) is 2.39. The molecular weight excluding hydrogens is 224 g/mol. The molecule has 2 aromatic rings. The highest BCUT2D eigenvalue weighted by atomic mass is 15.3. The van der Waals surface area contributed by atoms with Crippen molar-refractivity contribution in [3.63, 3.8) is 0 Å². The van der Waals surface area contributed by atoms with Crippen LogP contribution in [0.2, 0.25) is 0 Å². The summed E-state index contributed by atoms with van der Waals surface area (Å²) in [7, 11) is 0. The predicted molar refractivity (Wildman–Crippen MR) is 73.5 cm³/mol. The predicted octanol–water partition coefficient (Wildman–Crippen LogP) is 2.11. The third kappa shape index (κ3) is 2.82. The Labute approximate surface area is 109 Å². The fourth-order valence-electron chi connectivity index (χ4n) is 2.39. The van der Waals surface area contributed by atoms with Gasteiger partial charge in [-0.25, -0.2) is 0 Å². The van der Waals surface area contributed by atoms with E-state index in [-0.39, 0.29) is 0 Å². The average molecular weight is 246 g/mol. The van der Waals surface area contributed by atoms with Crippen LogP contribution in [0.3, 0.4) is 0 Å². The van der Waals surface area contributed by atoms with E-state index in [1.807, 2.05) is 23.1 Å². The first-order valence-electron chi connectivity index (χ1n) is 6.56. The first-order valence-corrected chi connectivity index (χ1v) is 6.56. The summed E-state index contributed by atoms with van der Waals surface area (Å²) in [5.41, 5.74) is 4.12. The van der Waals surface area contributed by atoms with Gasteiger partial charge in [0.15, 0.2) is 0 Å².